The van der Waals surface area contributed by atoms with Crippen LogP contribution in [0.4, 0.5) is 5.82 Å². The molecule has 0 aromatic carbocycles. The molecular weight excluding hydrogens is 228 g/mol. The average Bonchev–Trinajstić information content (AvgIpc) is 3.23. The third-order valence-electron chi connectivity index (χ3n) is 3.89. The Hall–Kier alpha value is -1.65. The fourth-order valence-electron chi connectivity index (χ4n) is 2.53. The van der Waals surface area contributed by atoms with Crippen molar-refractivity contribution in [3.05, 3.63) is 18.1 Å². The third-order valence-corrected chi connectivity index (χ3v) is 3.89. The molecule has 0 atom stereocenters. The maximum atomic E-state index is 11.1. The largest absolute Gasteiger partial charge is 0.369 e. The lowest BCUT2D eigenvalue weighted by Crippen LogP contribution is -2.39. The van der Waals surface area contributed by atoms with Crippen molar-refractivity contribution in [3.63, 3.8) is 0 Å². The molecule has 2 N–H and O–H groups in total. The lowest BCUT2D eigenvalue weighted by Gasteiger charge is -2.31. The summed E-state index contributed by atoms with van der Waals surface area (Å²) in [7, 11) is 0. The van der Waals surface area contributed by atoms with Crippen LogP contribution in [0.1, 0.15) is 37.3 Å². The molecule has 2 aliphatic rings. The van der Waals surface area contributed by atoms with Crippen molar-refractivity contribution in [1.29, 1.82) is 0 Å². The lowest BCUT2D eigenvalue weighted by molar-refractivity contribution is -0.122. The zero-order chi connectivity index (χ0) is 12.5. The molecule has 2 heterocycles. The summed E-state index contributed by atoms with van der Waals surface area (Å²) in [5.74, 6) is 1.51. The van der Waals surface area contributed by atoms with Gasteiger partial charge in [0.05, 0.1) is 0 Å². The Morgan fingerprint density at radius 2 is 1.94 bits per heavy atom. The lowest BCUT2D eigenvalue weighted by atomic mass is 9.96. The van der Waals surface area contributed by atoms with E-state index >= 15 is 0 Å². The number of nitrogens with two attached hydrogens (primary N) is 1. The summed E-state index contributed by atoms with van der Waals surface area (Å²) < 4.78 is 0. The molecule has 1 amide bonds. The number of hydrogen-bond donors (Lipinski definition) is 1. The molecule has 0 spiro atoms. The molecule has 1 aliphatic heterocycles. The highest BCUT2D eigenvalue weighted by molar-refractivity contribution is 5.76. The Morgan fingerprint density at radius 1 is 1.22 bits per heavy atom. The highest BCUT2D eigenvalue weighted by Gasteiger charge is 2.27. The van der Waals surface area contributed by atoms with Gasteiger partial charge in [-0.25, -0.2) is 9.97 Å². The Morgan fingerprint density at radius 3 is 2.56 bits per heavy atom. The molecule has 0 unspecified atom stereocenters. The van der Waals surface area contributed by atoms with E-state index in [1.165, 1.54) is 12.8 Å². The molecule has 1 aromatic rings. The molecule has 1 aliphatic carbocycles. The number of nitrogens with zero attached hydrogens (tertiary/aromatic N) is 3. The smallest absolute Gasteiger partial charge is 0.220 e. The van der Waals surface area contributed by atoms with Crippen LogP contribution in [0.25, 0.3) is 0 Å². The van der Waals surface area contributed by atoms with Crippen LogP contribution in [0.15, 0.2) is 12.4 Å². The predicted octanol–water partition coefficient (Wildman–Crippen LogP) is 1.06. The fraction of sp³-hybridized carbons (Fsp3) is 0.615. The topological polar surface area (TPSA) is 72.1 Å². The molecule has 5 nitrogen and oxygen atoms in total. The first-order chi connectivity index (χ1) is 8.74. The SMILES string of the molecule is NC(=O)C1CCN(c2cc(C3CC3)ncn2)CC1. The van der Waals surface area contributed by atoms with Gasteiger partial charge in [-0.1, -0.05) is 0 Å². The number of rotatable bonds is 3. The number of piperidine rings is 1. The van der Waals surface area contributed by atoms with Gasteiger partial charge in [-0.05, 0) is 25.7 Å². The number of anilines is 1. The summed E-state index contributed by atoms with van der Waals surface area (Å²) in [6, 6.07) is 2.10. The Balaban J connectivity index is 1.68. The van der Waals surface area contributed by atoms with Crippen LogP contribution in [0, 0.1) is 5.92 Å². The summed E-state index contributed by atoms with van der Waals surface area (Å²) in [5.41, 5.74) is 6.50. The second-order valence-electron chi connectivity index (χ2n) is 5.24. The van der Waals surface area contributed by atoms with Crippen LogP contribution in [0.3, 0.4) is 0 Å². The number of primary amides is 1. The second-order valence-corrected chi connectivity index (χ2v) is 5.24. The minimum absolute atomic E-state index is 0.0333. The van der Waals surface area contributed by atoms with Gasteiger partial charge >= 0.3 is 0 Å². The van der Waals surface area contributed by atoms with Crippen molar-refractivity contribution >= 4 is 11.7 Å². The third kappa shape index (κ3) is 2.30. The van der Waals surface area contributed by atoms with Gasteiger partial charge in [-0.2, -0.15) is 0 Å². The van der Waals surface area contributed by atoms with Crippen molar-refractivity contribution in [2.75, 3.05) is 18.0 Å². The van der Waals surface area contributed by atoms with E-state index in [1.807, 2.05) is 0 Å². The molecule has 1 saturated carbocycles. The van der Waals surface area contributed by atoms with E-state index in [1.54, 1.807) is 6.33 Å². The highest BCUT2D eigenvalue weighted by Crippen LogP contribution is 2.39. The first-order valence-electron chi connectivity index (χ1n) is 6.60. The van der Waals surface area contributed by atoms with Crippen molar-refractivity contribution in [2.24, 2.45) is 11.7 Å². The number of aromatic nitrogens is 2. The molecule has 5 heteroatoms. The monoisotopic (exact) mass is 246 g/mol. The van der Waals surface area contributed by atoms with Gasteiger partial charge in [0, 0.05) is 36.7 Å². The molecule has 18 heavy (non-hydrogen) atoms. The summed E-state index contributed by atoms with van der Waals surface area (Å²) in [4.78, 5) is 22.0. The molecule has 0 radical (unpaired) electrons. The van der Waals surface area contributed by atoms with Crippen LogP contribution < -0.4 is 10.6 Å². The molecule has 96 valence electrons. The normalized spacial score (nSPS) is 21.0. The standard InChI is InChI=1S/C13H18N4O/c14-13(18)10-3-5-17(6-4-10)12-7-11(9-1-2-9)15-8-16-12/h7-10H,1-6H2,(H2,14,18). The summed E-state index contributed by atoms with van der Waals surface area (Å²) in [5, 5.41) is 0. The van der Waals surface area contributed by atoms with Gasteiger partial charge in [-0.3, -0.25) is 4.79 Å². The van der Waals surface area contributed by atoms with Gasteiger partial charge in [0.15, 0.2) is 0 Å². The summed E-state index contributed by atoms with van der Waals surface area (Å²) in [6.45, 7) is 1.71. The maximum Gasteiger partial charge on any atom is 0.220 e. The second kappa shape index (κ2) is 4.55. The Bertz CT molecular complexity index is 450. The minimum Gasteiger partial charge on any atom is -0.369 e. The van der Waals surface area contributed by atoms with Crippen molar-refractivity contribution in [3.8, 4) is 0 Å². The van der Waals surface area contributed by atoms with Gasteiger partial charge in [-0.15, -0.1) is 0 Å². The number of hydrogen-bond acceptors (Lipinski definition) is 4. The number of amides is 1. The van der Waals surface area contributed by atoms with E-state index in [0.717, 1.165) is 37.4 Å². The molecular formula is C13H18N4O. The van der Waals surface area contributed by atoms with Crippen LogP contribution in [-0.2, 0) is 4.79 Å². The van der Waals surface area contributed by atoms with Crippen molar-refractivity contribution in [2.45, 2.75) is 31.6 Å². The zero-order valence-corrected chi connectivity index (χ0v) is 10.4. The van der Waals surface area contributed by atoms with Gasteiger partial charge in [0.1, 0.15) is 12.1 Å². The fourth-order valence-corrected chi connectivity index (χ4v) is 2.53. The van der Waals surface area contributed by atoms with E-state index in [-0.39, 0.29) is 11.8 Å². The maximum absolute atomic E-state index is 11.1. The predicted molar refractivity (Wildman–Crippen MR) is 68.1 cm³/mol. The Kier molecular flexibility index (Phi) is 2.89. The van der Waals surface area contributed by atoms with Crippen LogP contribution in [0.2, 0.25) is 0 Å². The molecule has 3 rings (SSSR count). The summed E-state index contributed by atoms with van der Waals surface area (Å²) >= 11 is 0. The van der Waals surface area contributed by atoms with E-state index < -0.39 is 0 Å². The van der Waals surface area contributed by atoms with Crippen LogP contribution in [-0.4, -0.2) is 29.0 Å². The summed E-state index contributed by atoms with van der Waals surface area (Å²) in [6.07, 6.45) is 5.82. The van der Waals surface area contributed by atoms with Crippen LogP contribution >= 0.6 is 0 Å². The minimum atomic E-state index is -0.170. The van der Waals surface area contributed by atoms with E-state index in [2.05, 4.69) is 20.9 Å². The number of carbonyl (C=O) groups is 1. The van der Waals surface area contributed by atoms with Crippen molar-refractivity contribution < 1.29 is 4.79 Å². The van der Waals surface area contributed by atoms with E-state index in [9.17, 15) is 4.79 Å². The highest BCUT2D eigenvalue weighted by atomic mass is 16.1. The molecule has 1 saturated heterocycles. The molecule has 1 aromatic heterocycles. The van der Waals surface area contributed by atoms with Gasteiger partial charge in [0.2, 0.25) is 5.91 Å². The van der Waals surface area contributed by atoms with E-state index in [4.69, 9.17) is 5.73 Å². The van der Waals surface area contributed by atoms with E-state index in [0.29, 0.717) is 5.92 Å². The van der Waals surface area contributed by atoms with Crippen LogP contribution in [0.5, 0.6) is 0 Å². The average molecular weight is 246 g/mol. The van der Waals surface area contributed by atoms with Crippen molar-refractivity contribution in [1.82, 2.24) is 9.97 Å². The zero-order valence-electron chi connectivity index (χ0n) is 10.4. The molecule has 0 bridgehead atoms. The number of carbonyl (C=O) groups excluding carboxylic acids is 1. The van der Waals surface area contributed by atoms with Gasteiger partial charge < -0.3 is 10.6 Å². The first kappa shape index (κ1) is 11.4. The first-order valence-corrected chi connectivity index (χ1v) is 6.60. The molecule has 2 fully saturated rings. The van der Waals surface area contributed by atoms with Gasteiger partial charge in [0.25, 0.3) is 0 Å². The Labute approximate surface area is 106 Å². The quantitative estimate of drug-likeness (QED) is 0.865.